The SMILES string of the molecule is CC(C)(C#N)c1cc(CN2C=NC[N-]2)cc(C(C)(C)C#N)c1. The molecule has 0 saturated heterocycles. The van der Waals surface area contributed by atoms with E-state index in [2.05, 4.69) is 22.6 Å². The van der Waals surface area contributed by atoms with E-state index in [0.717, 1.165) is 16.7 Å². The van der Waals surface area contributed by atoms with Gasteiger partial charge in [0.15, 0.2) is 0 Å². The predicted octanol–water partition coefficient (Wildman–Crippen LogP) is 3.38. The third kappa shape index (κ3) is 3.27. The lowest BCUT2D eigenvalue weighted by molar-refractivity contribution is 0.538. The van der Waals surface area contributed by atoms with Crippen molar-refractivity contribution in [2.75, 3.05) is 6.67 Å². The van der Waals surface area contributed by atoms with Gasteiger partial charge >= 0.3 is 0 Å². The monoisotopic (exact) mass is 294 g/mol. The molecule has 0 spiro atoms. The predicted molar refractivity (Wildman–Crippen MR) is 86.0 cm³/mol. The fourth-order valence-electron chi connectivity index (χ4n) is 2.20. The molecule has 0 aliphatic carbocycles. The molecule has 114 valence electrons. The minimum atomic E-state index is -0.605. The van der Waals surface area contributed by atoms with Gasteiger partial charge in [0.2, 0.25) is 0 Å². The molecule has 1 heterocycles. The van der Waals surface area contributed by atoms with Crippen molar-refractivity contribution in [3.63, 3.8) is 0 Å². The first-order valence-electron chi connectivity index (χ1n) is 7.20. The van der Waals surface area contributed by atoms with Gasteiger partial charge in [-0.1, -0.05) is 18.2 Å². The van der Waals surface area contributed by atoms with E-state index in [1.807, 2.05) is 45.9 Å². The van der Waals surface area contributed by atoms with Crippen LogP contribution in [0.2, 0.25) is 0 Å². The Morgan fingerprint density at radius 3 is 2.05 bits per heavy atom. The Morgan fingerprint density at radius 1 is 1.09 bits per heavy atom. The normalized spacial score (nSPS) is 14.7. The van der Waals surface area contributed by atoms with Crippen LogP contribution in [-0.4, -0.2) is 18.0 Å². The summed E-state index contributed by atoms with van der Waals surface area (Å²) < 4.78 is 0. The van der Waals surface area contributed by atoms with Crippen molar-refractivity contribution in [1.82, 2.24) is 5.01 Å². The molecule has 5 heteroatoms. The van der Waals surface area contributed by atoms with Gasteiger partial charge < -0.3 is 10.4 Å². The maximum absolute atomic E-state index is 9.41. The second-order valence-corrected chi connectivity index (χ2v) is 6.57. The van der Waals surface area contributed by atoms with Crippen LogP contribution in [0.3, 0.4) is 0 Å². The van der Waals surface area contributed by atoms with Gasteiger partial charge in [-0.05, 0) is 51.1 Å². The van der Waals surface area contributed by atoms with Crippen molar-refractivity contribution in [3.8, 4) is 12.1 Å². The average molecular weight is 294 g/mol. The van der Waals surface area contributed by atoms with Gasteiger partial charge in [0.05, 0.1) is 29.3 Å². The van der Waals surface area contributed by atoms with E-state index in [0.29, 0.717) is 13.2 Å². The molecule has 2 rings (SSSR count). The first-order chi connectivity index (χ1) is 10.3. The Kier molecular flexibility index (Phi) is 4.21. The van der Waals surface area contributed by atoms with E-state index >= 15 is 0 Å². The first-order valence-corrected chi connectivity index (χ1v) is 7.20. The van der Waals surface area contributed by atoms with Gasteiger partial charge in [-0.15, -0.1) is 0 Å². The summed E-state index contributed by atoms with van der Waals surface area (Å²) in [6.45, 7) is 8.59. The number of hydrogen-bond acceptors (Lipinski definition) is 4. The van der Waals surface area contributed by atoms with E-state index in [9.17, 15) is 10.5 Å². The van der Waals surface area contributed by atoms with Gasteiger partial charge in [-0.2, -0.15) is 10.5 Å². The molecule has 0 saturated carbocycles. The molecule has 0 aromatic heterocycles. The number of rotatable bonds is 4. The molecule has 0 radical (unpaired) electrons. The van der Waals surface area contributed by atoms with Crippen molar-refractivity contribution >= 4 is 6.34 Å². The molecular formula is C17H20N5-. The molecule has 0 atom stereocenters. The van der Waals surface area contributed by atoms with Crippen LogP contribution in [0.25, 0.3) is 5.43 Å². The molecular weight excluding hydrogens is 274 g/mol. The summed E-state index contributed by atoms with van der Waals surface area (Å²) in [7, 11) is 0. The number of nitriles is 2. The first kappa shape index (κ1) is 16.0. The Labute approximate surface area is 131 Å². The highest BCUT2D eigenvalue weighted by molar-refractivity contribution is 5.59. The number of benzene rings is 1. The van der Waals surface area contributed by atoms with Crippen molar-refractivity contribution in [1.29, 1.82) is 10.5 Å². The highest BCUT2D eigenvalue weighted by Gasteiger charge is 2.26. The van der Waals surface area contributed by atoms with Crippen molar-refractivity contribution < 1.29 is 0 Å². The van der Waals surface area contributed by atoms with Crippen molar-refractivity contribution in [2.45, 2.75) is 45.1 Å². The second kappa shape index (κ2) is 5.79. The van der Waals surface area contributed by atoms with E-state index < -0.39 is 10.8 Å². The van der Waals surface area contributed by atoms with E-state index in [1.165, 1.54) is 0 Å². The smallest absolute Gasteiger partial charge is 0.0766 e. The minimum absolute atomic E-state index is 0.458. The molecule has 1 aliphatic heterocycles. The zero-order chi connectivity index (χ0) is 16.4. The van der Waals surface area contributed by atoms with Gasteiger partial charge in [-0.25, -0.2) is 0 Å². The number of aliphatic imine (C=N–C) groups is 1. The summed E-state index contributed by atoms with van der Waals surface area (Å²) in [6, 6.07) is 10.7. The van der Waals surface area contributed by atoms with Crippen molar-refractivity contribution in [2.24, 2.45) is 4.99 Å². The van der Waals surface area contributed by atoms with Crippen LogP contribution in [0.1, 0.15) is 44.4 Å². The highest BCUT2D eigenvalue weighted by Crippen LogP contribution is 2.31. The summed E-state index contributed by atoms with van der Waals surface area (Å²) in [6.07, 6.45) is 1.71. The maximum atomic E-state index is 9.41. The van der Waals surface area contributed by atoms with Crippen molar-refractivity contribution in [3.05, 3.63) is 40.3 Å². The van der Waals surface area contributed by atoms with E-state index in [4.69, 9.17) is 0 Å². The lowest BCUT2D eigenvalue weighted by Gasteiger charge is -2.30. The molecule has 1 aliphatic rings. The van der Waals surface area contributed by atoms with Crippen LogP contribution >= 0.6 is 0 Å². The Morgan fingerprint density at radius 2 is 1.64 bits per heavy atom. The molecule has 0 amide bonds. The van der Waals surface area contributed by atoms with Crippen LogP contribution in [0.15, 0.2) is 23.2 Å². The third-order valence-corrected chi connectivity index (χ3v) is 3.88. The third-order valence-electron chi connectivity index (χ3n) is 3.88. The topological polar surface area (TPSA) is 77.3 Å². The summed E-state index contributed by atoms with van der Waals surface area (Å²) in [4.78, 5) is 4.07. The molecule has 0 bridgehead atoms. The summed E-state index contributed by atoms with van der Waals surface area (Å²) in [5.41, 5.74) is 5.89. The van der Waals surface area contributed by atoms with E-state index in [1.54, 1.807) is 11.3 Å². The van der Waals surface area contributed by atoms with Crippen LogP contribution in [-0.2, 0) is 17.4 Å². The fraction of sp³-hybridized carbons (Fsp3) is 0.471. The standard InChI is InChI=1S/C17H20N5/c1-16(2,9-18)14-5-13(8-22-12-20-11-21-22)6-15(7-14)17(3,4)10-19/h5-7,12H,8,11H2,1-4H3/q-1. The molecule has 22 heavy (non-hydrogen) atoms. The van der Waals surface area contributed by atoms with Crippen LogP contribution in [0.4, 0.5) is 0 Å². The Hall–Kier alpha value is -2.37. The molecule has 0 fully saturated rings. The van der Waals surface area contributed by atoms with Crippen LogP contribution in [0, 0.1) is 22.7 Å². The lowest BCUT2D eigenvalue weighted by Crippen LogP contribution is -2.21. The minimum Gasteiger partial charge on any atom is -0.548 e. The Bertz CT molecular complexity index is 629. The summed E-state index contributed by atoms with van der Waals surface area (Å²) >= 11 is 0. The molecule has 0 unspecified atom stereocenters. The number of nitrogens with zero attached hydrogens (tertiary/aromatic N) is 5. The fourth-order valence-corrected chi connectivity index (χ4v) is 2.20. The zero-order valence-corrected chi connectivity index (χ0v) is 13.5. The van der Waals surface area contributed by atoms with Gasteiger partial charge in [0, 0.05) is 6.54 Å². The second-order valence-electron chi connectivity index (χ2n) is 6.57. The average Bonchev–Trinajstić information content (AvgIpc) is 2.99. The molecule has 5 nitrogen and oxygen atoms in total. The molecule has 1 aromatic rings. The van der Waals surface area contributed by atoms with Crippen LogP contribution < -0.4 is 0 Å². The van der Waals surface area contributed by atoms with Gasteiger partial charge in [0.25, 0.3) is 0 Å². The molecule has 0 N–H and O–H groups in total. The Balaban J connectivity index is 2.47. The lowest BCUT2D eigenvalue weighted by atomic mass is 9.79. The number of hydrogen-bond donors (Lipinski definition) is 0. The summed E-state index contributed by atoms with van der Waals surface area (Å²) in [5.74, 6) is 0. The molecule has 1 aromatic carbocycles. The maximum Gasteiger partial charge on any atom is 0.0766 e. The summed E-state index contributed by atoms with van der Waals surface area (Å²) in [5, 5.41) is 20.6. The van der Waals surface area contributed by atoms with E-state index in [-0.39, 0.29) is 0 Å². The van der Waals surface area contributed by atoms with Gasteiger partial charge in [0.1, 0.15) is 0 Å². The quantitative estimate of drug-likeness (QED) is 0.854. The van der Waals surface area contributed by atoms with Crippen LogP contribution in [0.5, 0.6) is 0 Å². The highest BCUT2D eigenvalue weighted by atomic mass is 15.6. The zero-order valence-electron chi connectivity index (χ0n) is 13.5. The largest absolute Gasteiger partial charge is 0.548 e. The van der Waals surface area contributed by atoms with Gasteiger partial charge in [-0.3, -0.25) is 4.99 Å².